The first-order valence-electron chi connectivity index (χ1n) is 7.05. The molecule has 120 valence electrons. The fourth-order valence-corrected chi connectivity index (χ4v) is 2.37. The molecular weight excluding hydrogens is 325 g/mol. The maximum absolute atomic E-state index is 12.4. The third-order valence-electron chi connectivity index (χ3n) is 3.64. The molecule has 0 atom stereocenters. The van der Waals surface area contributed by atoms with E-state index in [1.165, 1.54) is 0 Å². The Morgan fingerprint density at radius 2 is 1.86 bits per heavy atom. The number of nitrogens with zero attached hydrogens (tertiary/aromatic N) is 1. The summed E-state index contributed by atoms with van der Waals surface area (Å²) in [4.78, 5) is 26.6. The highest BCUT2D eigenvalue weighted by atomic mass is 35.5. The largest absolute Gasteiger partial charge is 0.354 e. The van der Waals surface area contributed by atoms with Crippen molar-refractivity contribution < 1.29 is 9.59 Å². The fourth-order valence-electron chi connectivity index (χ4n) is 2.07. The minimum Gasteiger partial charge on any atom is -0.354 e. The van der Waals surface area contributed by atoms with Crippen LogP contribution in [0.2, 0.25) is 10.0 Å². The molecule has 1 aliphatic rings. The van der Waals surface area contributed by atoms with E-state index in [-0.39, 0.29) is 11.8 Å². The van der Waals surface area contributed by atoms with E-state index in [4.69, 9.17) is 23.2 Å². The molecule has 0 bridgehead atoms. The average molecular weight is 344 g/mol. The summed E-state index contributed by atoms with van der Waals surface area (Å²) in [7, 11) is 3.85. The van der Waals surface area contributed by atoms with Gasteiger partial charge in [-0.3, -0.25) is 9.59 Å². The molecule has 7 heteroatoms. The number of carbonyl (C=O) groups is 2. The predicted molar refractivity (Wildman–Crippen MR) is 88.3 cm³/mol. The van der Waals surface area contributed by atoms with Crippen molar-refractivity contribution in [1.29, 1.82) is 0 Å². The van der Waals surface area contributed by atoms with E-state index in [1.54, 1.807) is 18.2 Å². The number of anilines is 1. The Labute approximate surface area is 139 Å². The highest BCUT2D eigenvalue weighted by Crippen LogP contribution is 2.47. The normalized spacial score (nSPS) is 15.5. The van der Waals surface area contributed by atoms with Crippen LogP contribution in [0.4, 0.5) is 5.69 Å². The molecule has 0 aliphatic heterocycles. The first-order chi connectivity index (χ1) is 10.3. The monoisotopic (exact) mass is 343 g/mol. The Morgan fingerprint density at radius 1 is 1.18 bits per heavy atom. The number of rotatable bonds is 6. The molecule has 1 fully saturated rings. The molecule has 0 heterocycles. The van der Waals surface area contributed by atoms with Crippen LogP contribution in [0.5, 0.6) is 0 Å². The Morgan fingerprint density at radius 3 is 2.41 bits per heavy atom. The third kappa shape index (κ3) is 3.91. The molecule has 1 aromatic carbocycles. The van der Waals surface area contributed by atoms with Gasteiger partial charge in [-0.15, -0.1) is 0 Å². The van der Waals surface area contributed by atoms with E-state index >= 15 is 0 Å². The van der Waals surface area contributed by atoms with Gasteiger partial charge >= 0.3 is 0 Å². The molecule has 1 saturated carbocycles. The molecule has 0 spiro atoms. The number of carbonyl (C=O) groups excluding carboxylic acids is 2. The van der Waals surface area contributed by atoms with E-state index in [2.05, 4.69) is 10.6 Å². The molecule has 5 nitrogen and oxygen atoms in total. The summed E-state index contributed by atoms with van der Waals surface area (Å²) < 4.78 is 0. The lowest BCUT2D eigenvalue weighted by molar-refractivity contribution is -0.134. The third-order valence-corrected chi connectivity index (χ3v) is 4.38. The van der Waals surface area contributed by atoms with Gasteiger partial charge in [-0.1, -0.05) is 23.2 Å². The second kappa shape index (κ2) is 6.86. The smallest absolute Gasteiger partial charge is 0.240 e. The van der Waals surface area contributed by atoms with Gasteiger partial charge in [-0.05, 0) is 45.1 Å². The number of hydrogen-bond donors (Lipinski definition) is 2. The summed E-state index contributed by atoms with van der Waals surface area (Å²) in [5.74, 6) is -0.514. The lowest BCUT2D eigenvalue weighted by atomic mass is 10.1. The van der Waals surface area contributed by atoms with Crippen molar-refractivity contribution in [2.24, 2.45) is 5.41 Å². The fraction of sp³-hybridized carbons (Fsp3) is 0.467. The lowest BCUT2D eigenvalue weighted by Crippen LogP contribution is -2.42. The zero-order valence-corrected chi connectivity index (χ0v) is 14.1. The minimum absolute atomic E-state index is 0.216. The number of halogens is 2. The van der Waals surface area contributed by atoms with Gasteiger partial charge in [-0.2, -0.15) is 0 Å². The highest BCUT2D eigenvalue weighted by molar-refractivity contribution is 6.42. The van der Waals surface area contributed by atoms with E-state index in [0.717, 1.165) is 6.54 Å². The molecule has 2 amide bonds. The van der Waals surface area contributed by atoms with Crippen LogP contribution in [0.15, 0.2) is 18.2 Å². The average Bonchev–Trinajstić information content (AvgIpc) is 3.24. The van der Waals surface area contributed by atoms with Crippen LogP contribution in [0.25, 0.3) is 0 Å². The number of hydrogen-bond acceptors (Lipinski definition) is 3. The minimum atomic E-state index is -0.946. The summed E-state index contributed by atoms with van der Waals surface area (Å²) in [6.07, 6.45) is 1.13. The number of likely N-dealkylation sites (N-methyl/N-ethyl adjacent to an activating group) is 1. The zero-order valence-electron chi connectivity index (χ0n) is 12.6. The van der Waals surface area contributed by atoms with Gasteiger partial charge in [0.2, 0.25) is 11.8 Å². The summed E-state index contributed by atoms with van der Waals surface area (Å²) in [5.41, 5.74) is -0.412. The SMILES string of the molecule is CN(C)CCNC(=O)C1(C(=O)Nc2ccc(Cl)c(Cl)c2)CC1. The molecule has 0 aromatic heterocycles. The lowest BCUT2D eigenvalue weighted by Gasteiger charge is -2.17. The molecule has 1 aromatic rings. The van der Waals surface area contributed by atoms with Crippen molar-refractivity contribution in [3.63, 3.8) is 0 Å². The van der Waals surface area contributed by atoms with Crippen molar-refractivity contribution in [1.82, 2.24) is 10.2 Å². The van der Waals surface area contributed by atoms with Gasteiger partial charge in [0.25, 0.3) is 0 Å². The Hall–Kier alpha value is -1.30. The summed E-state index contributed by atoms with van der Waals surface area (Å²) in [6.45, 7) is 1.25. The zero-order chi connectivity index (χ0) is 16.3. The quantitative estimate of drug-likeness (QED) is 0.779. The Bertz CT molecular complexity index is 586. The molecule has 1 aliphatic carbocycles. The standard InChI is InChI=1S/C15H19Cl2N3O2/c1-20(2)8-7-18-13(21)15(5-6-15)14(22)19-10-3-4-11(16)12(17)9-10/h3-4,9H,5-8H2,1-2H3,(H,18,21)(H,19,22). The van der Waals surface area contributed by atoms with Crippen LogP contribution >= 0.6 is 23.2 Å². The topological polar surface area (TPSA) is 61.4 Å². The van der Waals surface area contributed by atoms with Crippen LogP contribution in [0, 0.1) is 5.41 Å². The molecule has 0 saturated heterocycles. The van der Waals surface area contributed by atoms with Crippen LogP contribution in [-0.4, -0.2) is 43.9 Å². The van der Waals surface area contributed by atoms with Gasteiger partial charge in [-0.25, -0.2) is 0 Å². The van der Waals surface area contributed by atoms with Gasteiger partial charge in [0.1, 0.15) is 5.41 Å². The second-order valence-corrected chi connectivity index (χ2v) is 6.54. The van der Waals surface area contributed by atoms with Crippen LogP contribution < -0.4 is 10.6 Å². The Balaban J connectivity index is 1.96. The van der Waals surface area contributed by atoms with Gasteiger partial charge in [0.15, 0.2) is 0 Å². The highest BCUT2D eigenvalue weighted by Gasteiger charge is 2.56. The maximum atomic E-state index is 12.4. The summed E-state index contributed by atoms with van der Waals surface area (Å²) in [5, 5.41) is 6.33. The Kier molecular flexibility index (Phi) is 5.32. The predicted octanol–water partition coefficient (Wildman–Crippen LogP) is 2.39. The number of amides is 2. The number of nitrogens with one attached hydrogen (secondary N) is 2. The molecule has 2 N–H and O–H groups in total. The van der Waals surface area contributed by atoms with Crippen molar-refractivity contribution in [3.05, 3.63) is 28.2 Å². The molecule has 22 heavy (non-hydrogen) atoms. The van der Waals surface area contributed by atoms with E-state index in [0.29, 0.717) is 35.1 Å². The van der Waals surface area contributed by atoms with Crippen LogP contribution in [-0.2, 0) is 9.59 Å². The summed E-state index contributed by atoms with van der Waals surface area (Å²) in [6, 6.07) is 4.84. The van der Waals surface area contributed by atoms with Crippen molar-refractivity contribution >= 4 is 40.7 Å². The number of benzene rings is 1. The van der Waals surface area contributed by atoms with Crippen molar-refractivity contribution in [2.75, 3.05) is 32.5 Å². The van der Waals surface area contributed by atoms with E-state index in [1.807, 2.05) is 19.0 Å². The molecular formula is C15H19Cl2N3O2. The van der Waals surface area contributed by atoms with Crippen molar-refractivity contribution in [2.45, 2.75) is 12.8 Å². The van der Waals surface area contributed by atoms with E-state index < -0.39 is 5.41 Å². The van der Waals surface area contributed by atoms with Crippen LogP contribution in [0.1, 0.15) is 12.8 Å². The van der Waals surface area contributed by atoms with Crippen LogP contribution in [0.3, 0.4) is 0 Å². The van der Waals surface area contributed by atoms with Crippen molar-refractivity contribution in [3.8, 4) is 0 Å². The van der Waals surface area contributed by atoms with Gasteiger partial charge < -0.3 is 15.5 Å². The molecule has 2 rings (SSSR count). The van der Waals surface area contributed by atoms with E-state index in [9.17, 15) is 9.59 Å². The van der Waals surface area contributed by atoms with Gasteiger partial charge in [0.05, 0.1) is 10.0 Å². The van der Waals surface area contributed by atoms with Gasteiger partial charge in [0, 0.05) is 18.8 Å². The molecule has 0 unspecified atom stereocenters. The second-order valence-electron chi connectivity index (χ2n) is 5.72. The molecule has 0 radical (unpaired) electrons. The first-order valence-corrected chi connectivity index (χ1v) is 7.80. The maximum Gasteiger partial charge on any atom is 0.240 e. The first kappa shape index (κ1) is 17.1. The summed E-state index contributed by atoms with van der Waals surface area (Å²) >= 11 is 11.8.